The lowest BCUT2D eigenvalue weighted by Gasteiger charge is -2.11. The molecule has 1 atom stereocenters. The lowest BCUT2D eigenvalue weighted by atomic mass is 10.1. The summed E-state index contributed by atoms with van der Waals surface area (Å²) in [7, 11) is 0. The van der Waals surface area contributed by atoms with Crippen molar-refractivity contribution < 1.29 is 19.4 Å². The fourth-order valence-corrected chi connectivity index (χ4v) is 1.33. The molecule has 0 aliphatic rings. The monoisotopic (exact) mass is 251 g/mol. The molecule has 0 aliphatic carbocycles. The molecular formula is C13H17NO4. The third kappa shape index (κ3) is 4.18. The number of carbonyl (C=O) groups excluding carboxylic acids is 1. The smallest absolute Gasteiger partial charge is 0.332 e. The average molecular weight is 251 g/mol. The Morgan fingerprint density at radius 2 is 2.06 bits per heavy atom. The van der Waals surface area contributed by atoms with Crippen molar-refractivity contribution in [1.82, 2.24) is 0 Å². The van der Waals surface area contributed by atoms with Gasteiger partial charge in [0.05, 0.1) is 0 Å². The third-order valence-electron chi connectivity index (χ3n) is 2.48. The van der Waals surface area contributed by atoms with Gasteiger partial charge in [-0.3, -0.25) is 4.79 Å². The highest BCUT2D eigenvalue weighted by Crippen LogP contribution is 2.16. The molecule has 5 nitrogen and oxygen atoms in total. The standard InChI is InChI=1S/C13H17NO4/c1-8-4-5-9(2)11(6-8)14-12(15)7-18-10(3)13(16)17/h4-6,10H,7H2,1-3H3,(H,14,15)(H,16,17)/t10-/m0/s1. The van der Waals surface area contributed by atoms with Crippen LogP contribution >= 0.6 is 0 Å². The van der Waals surface area contributed by atoms with Gasteiger partial charge >= 0.3 is 5.97 Å². The van der Waals surface area contributed by atoms with Crippen molar-refractivity contribution in [2.45, 2.75) is 26.9 Å². The van der Waals surface area contributed by atoms with E-state index in [0.717, 1.165) is 11.1 Å². The second-order valence-electron chi connectivity index (χ2n) is 4.16. The topological polar surface area (TPSA) is 75.6 Å². The summed E-state index contributed by atoms with van der Waals surface area (Å²) in [6.45, 7) is 4.92. The molecule has 0 spiro atoms. The maximum absolute atomic E-state index is 11.6. The normalized spacial score (nSPS) is 11.9. The Hall–Kier alpha value is -1.88. The van der Waals surface area contributed by atoms with E-state index in [1.54, 1.807) is 0 Å². The Morgan fingerprint density at radius 1 is 1.39 bits per heavy atom. The molecule has 0 radical (unpaired) electrons. The second kappa shape index (κ2) is 6.16. The number of hydrogen-bond donors (Lipinski definition) is 2. The van der Waals surface area contributed by atoms with Gasteiger partial charge in [0.25, 0.3) is 0 Å². The molecule has 1 rings (SSSR count). The lowest BCUT2D eigenvalue weighted by molar-refractivity contribution is -0.150. The van der Waals surface area contributed by atoms with Gasteiger partial charge in [-0.15, -0.1) is 0 Å². The summed E-state index contributed by atoms with van der Waals surface area (Å²) in [4.78, 5) is 22.1. The van der Waals surface area contributed by atoms with Crippen molar-refractivity contribution in [1.29, 1.82) is 0 Å². The molecule has 1 aromatic rings. The number of hydrogen-bond acceptors (Lipinski definition) is 3. The van der Waals surface area contributed by atoms with Crippen LogP contribution in [-0.4, -0.2) is 29.7 Å². The van der Waals surface area contributed by atoms with Gasteiger partial charge in [0.2, 0.25) is 5.91 Å². The number of benzene rings is 1. The van der Waals surface area contributed by atoms with Crippen LogP contribution in [0.3, 0.4) is 0 Å². The minimum absolute atomic E-state index is 0.277. The van der Waals surface area contributed by atoms with Gasteiger partial charge in [-0.25, -0.2) is 4.79 Å². The Balaban J connectivity index is 2.54. The number of amides is 1. The zero-order valence-corrected chi connectivity index (χ0v) is 10.7. The quantitative estimate of drug-likeness (QED) is 0.835. The summed E-state index contributed by atoms with van der Waals surface area (Å²) >= 11 is 0. The molecule has 2 N–H and O–H groups in total. The van der Waals surface area contributed by atoms with Crippen LogP contribution in [0.2, 0.25) is 0 Å². The lowest BCUT2D eigenvalue weighted by Crippen LogP contribution is -2.26. The molecular weight excluding hydrogens is 234 g/mol. The van der Waals surface area contributed by atoms with Crippen molar-refractivity contribution >= 4 is 17.6 Å². The first kappa shape index (κ1) is 14.2. The highest BCUT2D eigenvalue weighted by Gasteiger charge is 2.13. The fourth-order valence-electron chi connectivity index (χ4n) is 1.33. The van der Waals surface area contributed by atoms with Gasteiger partial charge in [-0.05, 0) is 38.0 Å². The summed E-state index contributed by atoms with van der Waals surface area (Å²) in [6, 6.07) is 5.72. The van der Waals surface area contributed by atoms with Crippen molar-refractivity contribution in [3.05, 3.63) is 29.3 Å². The van der Waals surface area contributed by atoms with Gasteiger partial charge in [0, 0.05) is 5.69 Å². The molecule has 0 aromatic heterocycles. The molecule has 1 aromatic carbocycles. The van der Waals surface area contributed by atoms with Gasteiger partial charge in [-0.2, -0.15) is 0 Å². The third-order valence-corrected chi connectivity index (χ3v) is 2.48. The minimum Gasteiger partial charge on any atom is -0.479 e. The molecule has 98 valence electrons. The molecule has 0 saturated heterocycles. The predicted molar refractivity (Wildman–Crippen MR) is 67.6 cm³/mol. The SMILES string of the molecule is Cc1ccc(C)c(NC(=O)CO[C@@H](C)C(=O)O)c1. The van der Waals surface area contributed by atoms with E-state index in [4.69, 9.17) is 9.84 Å². The molecule has 0 fully saturated rings. The maximum atomic E-state index is 11.6. The number of carbonyl (C=O) groups is 2. The van der Waals surface area contributed by atoms with Crippen LogP contribution in [0, 0.1) is 13.8 Å². The molecule has 0 bridgehead atoms. The summed E-state index contributed by atoms with van der Waals surface area (Å²) in [5.41, 5.74) is 2.70. The Morgan fingerprint density at radius 3 is 2.67 bits per heavy atom. The second-order valence-corrected chi connectivity index (χ2v) is 4.16. The van der Waals surface area contributed by atoms with E-state index in [0.29, 0.717) is 5.69 Å². The summed E-state index contributed by atoms with van der Waals surface area (Å²) in [6.07, 6.45) is -0.991. The van der Waals surface area contributed by atoms with Crippen LogP contribution in [0.25, 0.3) is 0 Å². The van der Waals surface area contributed by atoms with Crippen molar-refractivity contribution in [3.8, 4) is 0 Å². The predicted octanol–water partition coefficient (Wildman–Crippen LogP) is 1.73. The van der Waals surface area contributed by atoms with Crippen LogP contribution in [-0.2, 0) is 14.3 Å². The number of anilines is 1. The van der Waals surface area contributed by atoms with Crippen molar-refractivity contribution in [2.75, 3.05) is 11.9 Å². The number of ether oxygens (including phenoxy) is 1. The largest absolute Gasteiger partial charge is 0.479 e. The number of nitrogens with one attached hydrogen (secondary N) is 1. The molecule has 1 amide bonds. The number of carboxylic acid groups (broad SMARTS) is 1. The molecule has 5 heteroatoms. The minimum atomic E-state index is -1.09. The first-order valence-corrected chi connectivity index (χ1v) is 5.61. The number of carboxylic acids is 1. The van der Waals surface area contributed by atoms with E-state index in [1.807, 2.05) is 32.0 Å². The van der Waals surface area contributed by atoms with E-state index in [2.05, 4.69) is 5.32 Å². The summed E-state index contributed by atoms with van der Waals surface area (Å²) in [5, 5.41) is 11.3. The van der Waals surface area contributed by atoms with Gasteiger partial charge < -0.3 is 15.2 Å². The number of rotatable bonds is 5. The van der Waals surface area contributed by atoms with Crippen LogP contribution in [0.15, 0.2) is 18.2 Å². The Labute approximate surface area is 106 Å². The van der Waals surface area contributed by atoms with Crippen LogP contribution < -0.4 is 5.32 Å². The highest BCUT2D eigenvalue weighted by atomic mass is 16.5. The van der Waals surface area contributed by atoms with E-state index >= 15 is 0 Å². The van der Waals surface area contributed by atoms with Gasteiger partial charge in [0.1, 0.15) is 6.61 Å². The first-order valence-electron chi connectivity index (χ1n) is 5.61. The van der Waals surface area contributed by atoms with Crippen LogP contribution in [0.1, 0.15) is 18.1 Å². The maximum Gasteiger partial charge on any atom is 0.332 e. The fraction of sp³-hybridized carbons (Fsp3) is 0.385. The van der Waals surface area contributed by atoms with E-state index in [-0.39, 0.29) is 12.5 Å². The van der Waals surface area contributed by atoms with Crippen molar-refractivity contribution in [3.63, 3.8) is 0 Å². The zero-order valence-electron chi connectivity index (χ0n) is 10.7. The summed E-state index contributed by atoms with van der Waals surface area (Å²) in [5.74, 6) is -1.45. The van der Waals surface area contributed by atoms with Crippen LogP contribution in [0.4, 0.5) is 5.69 Å². The number of aliphatic carboxylic acids is 1. The Kier molecular flexibility index (Phi) is 4.85. The van der Waals surface area contributed by atoms with E-state index < -0.39 is 12.1 Å². The van der Waals surface area contributed by atoms with Gasteiger partial charge in [-0.1, -0.05) is 12.1 Å². The zero-order chi connectivity index (χ0) is 13.7. The molecule has 0 heterocycles. The molecule has 0 saturated carbocycles. The number of aryl methyl sites for hydroxylation is 2. The van der Waals surface area contributed by atoms with E-state index in [1.165, 1.54) is 6.92 Å². The van der Waals surface area contributed by atoms with Crippen LogP contribution in [0.5, 0.6) is 0 Å². The summed E-state index contributed by atoms with van der Waals surface area (Å²) < 4.78 is 4.90. The van der Waals surface area contributed by atoms with Gasteiger partial charge in [0.15, 0.2) is 6.10 Å². The highest BCUT2D eigenvalue weighted by molar-refractivity contribution is 5.92. The molecule has 0 unspecified atom stereocenters. The van der Waals surface area contributed by atoms with E-state index in [9.17, 15) is 9.59 Å². The average Bonchev–Trinajstić information content (AvgIpc) is 2.30. The Bertz CT molecular complexity index is 456. The molecule has 18 heavy (non-hydrogen) atoms. The molecule has 0 aliphatic heterocycles. The van der Waals surface area contributed by atoms with Crippen molar-refractivity contribution in [2.24, 2.45) is 0 Å². The first-order chi connectivity index (χ1) is 8.40.